The number of fused-ring (bicyclic) bond motifs is 1. The van der Waals surface area contributed by atoms with Crippen LogP contribution in [0.2, 0.25) is 0 Å². The molecule has 0 saturated carbocycles. The first-order chi connectivity index (χ1) is 15.6. The van der Waals surface area contributed by atoms with Gasteiger partial charge in [-0.3, -0.25) is 4.79 Å². The summed E-state index contributed by atoms with van der Waals surface area (Å²) in [6.07, 6.45) is -0.279. The van der Waals surface area contributed by atoms with E-state index in [2.05, 4.69) is 25.6 Å². The van der Waals surface area contributed by atoms with E-state index in [1.807, 2.05) is 26.2 Å². The molecule has 1 aliphatic heterocycles. The van der Waals surface area contributed by atoms with Crippen molar-refractivity contribution in [3.05, 3.63) is 65.0 Å². The second kappa shape index (κ2) is 8.66. The van der Waals surface area contributed by atoms with Gasteiger partial charge in [0.1, 0.15) is 11.4 Å². The summed E-state index contributed by atoms with van der Waals surface area (Å²) in [5, 5.41) is 5.71. The third-order valence-electron chi connectivity index (χ3n) is 5.43. The number of thioether (sulfide) groups is 1. The van der Waals surface area contributed by atoms with Crippen LogP contribution < -0.4 is 10.6 Å². The lowest BCUT2D eigenvalue weighted by Gasteiger charge is -2.32. The van der Waals surface area contributed by atoms with E-state index in [9.17, 15) is 18.0 Å². The summed E-state index contributed by atoms with van der Waals surface area (Å²) in [6, 6.07) is 8.32. The molecule has 2 aromatic heterocycles. The standard InChI is InChI=1S/C23H22F3N5OS/c1-22(2)12-29-20(32)15-5-4-14(9-16(15)22)19-17(23(24,25)26)10-28-21(31-19)30-18-8-13(11-33-3)6-7-27-18/h4-10H,11-12H2,1-3H3,(H,29,32)(H,27,28,30,31). The largest absolute Gasteiger partial charge is 0.419 e. The number of halogens is 3. The van der Waals surface area contributed by atoms with Crippen molar-refractivity contribution in [2.45, 2.75) is 31.2 Å². The molecule has 6 nitrogen and oxygen atoms in total. The topological polar surface area (TPSA) is 79.8 Å². The first-order valence-corrected chi connectivity index (χ1v) is 11.6. The Morgan fingerprint density at radius 2 is 1.97 bits per heavy atom. The molecule has 0 fully saturated rings. The van der Waals surface area contributed by atoms with E-state index in [1.54, 1.807) is 36.2 Å². The average molecular weight is 474 g/mol. The van der Waals surface area contributed by atoms with Gasteiger partial charge in [0.2, 0.25) is 5.95 Å². The summed E-state index contributed by atoms with van der Waals surface area (Å²) in [4.78, 5) is 24.5. The van der Waals surface area contributed by atoms with E-state index < -0.39 is 17.2 Å². The number of nitrogens with one attached hydrogen (secondary N) is 2. The number of rotatable bonds is 5. The molecule has 0 aliphatic carbocycles. The van der Waals surface area contributed by atoms with E-state index >= 15 is 0 Å². The maximum atomic E-state index is 13.8. The number of carbonyl (C=O) groups excluding carboxylic acids is 1. The Morgan fingerprint density at radius 1 is 1.18 bits per heavy atom. The van der Waals surface area contributed by atoms with Gasteiger partial charge in [-0.05, 0) is 41.6 Å². The lowest BCUT2D eigenvalue weighted by Crippen LogP contribution is -2.43. The Morgan fingerprint density at radius 3 is 2.70 bits per heavy atom. The monoisotopic (exact) mass is 473 g/mol. The van der Waals surface area contributed by atoms with Crippen LogP contribution in [-0.4, -0.2) is 33.7 Å². The number of benzene rings is 1. The lowest BCUT2D eigenvalue weighted by molar-refractivity contribution is -0.137. The van der Waals surface area contributed by atoms with Crippen molar-refractivity contribution < 1.29 is 18.0 Å². The van der Waals surface area contributed by atoms with E-state index in [-0.39, 0.29) is 23.1 Å². The number of hydrogen-bond acceptors (Lipinski definition) is 6. The minimum Gasteiger partial charge on any atom is -0.351 e. The number of amides is 1. The van der Waals surface area contributed by atoms with Crippen molar-refractivity contribution in [3.63, 3.8) is 0 Å². The van der Waals surface area contributed by atoms with Crippen LogP contribution in [0.25, 0.3) is 11.3 Å². The van der Waals surface area contributed by atoms with Crippen LogP contribution in [0.5, 0.6) is 0 Å². The molecule has 33 heavy (non-hydrogen) atoms. The molecule has 1 aromatic carbocycles. The SMILES string of the molecule is CSCc1ccnc(Nc2ncc(C(F)(F)F)c(-c3ccc4c(c3)C(C)(C)CNC4=O)n2)c1. The van der Waals surface area contributed by atoms with E-state index in [0.29, 0.717) is 23.5 Å². The quantitative estimate of drug-likeness (QED) is 0.531. The van der Waals surface area contributed by atoms with Gasteiger partial charge < -0.3 is 10.6 Å². The predicted octanol–water partition coefficient (Wildman–Crippen LogP) is 5.19. The molecule has 1 amide bonds. The smallest absolute Gasteiger partial charge is 0.351 e. The Bertz CT molecular complexity index is 1210. The van der Waals surface area contributed by atoms with Gasteiger partial charge in [0.05, 0.1) is 5.69 Å². The third-order valence-corrected chi connectivity index (χ3v) is 6.05. The summed E-state index contributed by atoms with van der Waals surface area (Å²) in [7, 11) is 0. The Labute approximate surface area is 193 Å². The van der Waals surface area contributed by atoms with E-state index in [0.717, 1.165) is 17.5 Å². The molecular formula is C23H22F3N5OS. The van der Waals surface area contributed by atoms with Gasteiger partial charge >= 0.3 is 6.18 Å². The summed E-state index contributed by atoms with van der Waals surface area (Å²) >= 11 is 1.64. The van der Waals surface area contributed by atoms with Gasteiger partial charge in [0.25, 0.3) is 5.91 Å². The molecule has 1 aliphatic rings. The van der Waals surface area contributed by atoms with E-state index in [1.165, 1.54) is 6.07 Å². The molecule has 0 unspecified atom stereocenters. The molecule has 2 N–H and O–H groups in total. The summed E-state index contributed by atoms with van der Waals surface area (Å²) < 4.78 is 41.4. The summed E-state index contributed by atoms with van der Waals surface area (Å²) in [5.74, 6) is 0.972. The fraction of sp³-hybridized carbons (Fsp3) is 0.304. The van der Waals surface area contributed by atoms with Crippen molar-refractivity contribution in [1.29, 1.82) is 0 Å². The van der Waals surface area contributed by atoms with Gasteiger partial charge in [0, 0.05) is 41.2 Å². The van der Waals surface area contributed by atoms with Crippen molar-refractivity contribution >= 4 is 29.4 Å². The predicted molar refractivity (Wildman–Crippen MR) is 123 cm³/mol. The number of alkyl halides is 3. The van der Waals surface area contributed by atoms with Crippen molar-refractivity contribution in [3.8, 4) is 11.3 Å². The lowest BCUT2D eigenvalue weighted by atomic mass is 9.78. The van der Waals surface area contributed by atoms with Crippen LogP contribution in [0.4, 0.5) is 24.9 Å². The Balaban J connectivity index is 1.79. The average Bonchev–Trinajstić information content (AvgIpc) is 2.76. The number of hydrogen-bond donors (Lipinski definition) is 2. The molecule has 4 rings (SSSR count). The highest BCUT2D eigenvalue weighted by molar-refractivity contribution is 7.97. The molecule has 0 atom stereocenters. The van der Waals surface area contributed by atoms with Gasteiger partial charge in [0.15, 0.2) is 0 Å². The normalized spacial score (nSPS) is 15.0. The van der Waals surface area contributed by atoms with E-state index in [4.69, 9.17) is 0 Å². The van der Waals surface area contributed by atoms with Crippen LogP contribution in [-0.2, 0) is 17.3 Å². The fourth-order valence-electron chi connectivity index (χ4n) is 3.72. The molecule has 0 bridgehead atoms. The zero-order valence-corrected chi connectivity index (χ0v) is 19.1. The zero-order valence-electron chi connectivity index (χ0n) is 18.2. The number of carbonyl (C=O) groups is 1. The first-order valence-electron chi connectivity index (χ1n) is 10.2. The van der Waals surface area contributed by atoms with Crippen LogP contribution in [0.1, 0.15) is 40.9 Å². The fourth-order valence-corrected chi connectivity index (χ4v) is 4.24. The Hall–Kier alpha value is -3.14. The molecule has 0 spiro atoms. The maximum Gasteiger partial charge on any atom is 0.419 e. The molecule has 0 saturated heterocycles. The summed E-state index contributed by atoms with van der Waals surface area (Å²) in [6.45, 7) is 4.25. The van der Waals surface area contributed by atoms with Crippen LogP contribution in [0.3, 0.4) is 0 Å². The summed E-state index contributed by atoms with van der Waals surface area (Å²) in [5.41, 5.74) is 0.760. The molecular weight excluding hydrogens is 451 g/mol. The van der Waals surface area contributed by atoms with Crippen LogP contribution in [0.15, 0.2) is 42.7 Å². The van der Waals surface area contributed by atoms with Crippen molar-refractivity contribution in [2.75, 3.05) is 18.1 Å². The second-order valence-electron chi connectivity index (χ2n) is 8.39. The van der Waals surface area contributed by atoms with Gasteiger partial charge in [-0.1, -0.05) is 19.9 Å². The third kappa shape index (κ3) is 4.80. The number of aromatic nitrogens is 3. The van der Waals surface area contributed by atoms with Crippen LogP contribution in [0, 0.1) is 0 Å². The number of pyridine rings is 1. The first kappa shape index (κ1) is 23.0. The van der Waals surface area contributed by atoms with Crippen LogP contribution >= 0.6 is 11.8 Å². The molecule has 0 radical (unpaired) electrons. The highest BCUT2D eigenvalue weighted by Crippen LogP contribution is 2.39. The zero-order chi connectivity index (χ0) is 23.8. The molecule has 3 aromatic rings. The second-order valence-corrected chi connectivity index (χ2v) is 9.25. The van der Waals surface area contributed by atoms with Crippen molar-refractivity contribution in [1.82, 2.24) is 20.3 Å². The number of nitrogens with zero attached hydrogens (tertiary/aromatic N) is 3. The minimum atomic E-state index is -4.65. The van der Waals surface area contributed by atoms with Crippen molar-refractivity contribution in [2.24, 2.45) is 0 Å². The highest BCUT2D eigenvalue weighted by Gasteiger charge is 2.37. The maximum absolute atomic E-state index is 13.8. The highest BCUT2D eigenvalue weighted by atomic mass is 32.2. The Kier molecular flexibility index (Phi) is 6.04. The number of anilines is 2. The van der Waals surface area contributed by atoms with Gasteiger partial charge in [-0.25, -0.2) is 15.0 Å². The molecule has 172 valence electrons. The van der Waals surface area contributed by atoms with Gasteiger partial charge in [-0.2, -0.15) is 24.9 Å². The van der Waals surface area contributed by atoms with Gasteiger partial charge in [-0.15, -0.1) is 0 Å². The molecule has 3 heterocycles. The minimum absolute atomic E-state index is 0.00141. The molecule has 10 heteroatoms.